The van der Waals surface area contributed by atoms with E-state index in [0.717, 1.165) is 0 Å². The zero-order valence-corrected chi connectivity index (χ0v) is 6.29. The van der Waals surface area contributed by atoms with Crippen LogP contribution in [0.4, 0.5) is 4.79 Å². The average Bonchev–Trinajstić information content (AvgIpc) is 1.98. The van der Waals surface area contributed by atoms with E-state index in [9.17, 15) is 4.79 Å². The van der Waals surface area contributed by atoms with Crippen molar-refractivity contribution in [3.63, 3.8) is 0 Å². The van der Waals surface area contributed by atoms with Crippen LogP contribution in [0.15, 0.2) is 0 Å². The van der Waals surface area contributed by atoms with Gasteiger partial charge in [-0.05, 0) is 6.42 Å². The summed E-state index contributed by atoms with van der Waals surface area (Å²) in [6.07, 6.45) is 0.538. The van der Waals surface area contributed by atoms with E-state index < -0.39 is 6.03 Å². The normalized spacial score (nSPS) is 10.1. The molecule has 0 bridgehead atoms. The summed E-state index contributed by atoms with van der Waals surface area (Å²) < 4.78 is 0. The number of carbonyl (C=O) groups excluding carboxylic acids is 1. The molecular weight excluding hydrogens is 148 g/mol. The first-order chi connectivity index (χ1) is 5.20. The van der Waals surface area contributed by atoms with Crippen LogP contribution in [0.2, 0.25) is 0 Å². The quantitative estimate of drug-likeness (QED) is 0.402. The SMILES string of the molecule is NC(=O)NCCC(CO)CO. The molecule has 66 valence electrons. The van der Waals surface area contributed by atoms with Crippen molar-refractivity contribution in [2.75, 3.05) is 19.8 Å². The van der Waals surface area contributed by atoms with Gasteiger partial charge in [0.2, 0.25) is 0 Å². The van der Waals surface area contributed by atoms with Crippen molar-refractivity contribution >= 4 is 6.03 Å². The first kappa shape index (κ1) is 10.2. The molecule has 0 fully saturated rings. The zero-order valence-electron chi connectivity index (χ0n) is 6.29. The monoisotopic (exact) mass is 162 g/mol. The molecule has 0 saturated carbocycles. The van der Waals surface area contributed by atoms with Crippen molar-refractivity contribution in [2.24, 2.45) is 11.7 Å². The van der Waals surface area contributed by atoms with Gasteiger partial charge in [0.25, 0.3) is 0 Å². The molecule has 0 radical (unpaired) electrons. The van der Waals surface area contributed by atoms with Gasteiger partial charge in [-0.3, -0.25) is 0 Å². The number of amides is 2. The van der Waals surface area contributed by atoms with E-state index in [1.807, 2.05) is 0 Å². The molecule has 0 atom stereocenters. The van der Waals surface area contributed by atoms with E-state index >= 15 is 0 Å². The van der Waals surface area contributed by atoms with Crippen LogP contribution in [-0.4, -0.2) is 36.0 Å². The van der Waals surface area contributed by atoms with Gasteiger partial charge in [0.15, 0.2) is 0 Å². The van der Waals surface area contributed by atoms with Crippen LogP contribution in [0.5, 0.6) is 0 Å². The van der Waals surface area contributed by atoms with Gasteiger partial charge in [0, 0.05) is 25.7 Å². The van der Waals surface area contributed by atoms with E-state index in [1.165, 1.54) is 0 Å². The molecule has 0 saturated heterocycles. The summed E-state index contributed by atoms with van der Waals surface area (Å²) in [5, 5.41) is 19.5. The molecule has 11 heavy (non-hydrogen) atoms. The highest BCUT2D eigenvalue weighted by molar-refractivity contribution is 5.71. The number of carbonyl (C=O) groups is 1. The summed E-state index contributed by atoms with van der Waals surface area (Å²) in [5.41, 5.74) is 4.79. The number of urea groups is 1. The lowest BCUT2D eigenvalue weighted by atomic mass is 10.1. The fourth-order valence-electron chi connectivity index (χ4n) is 0.640. The lowest BCUT2D eigenvalue weighted by molar-refractivity contribution is 0.144. The Morgan fingerprint density at radius 1 is 1.45 bits per heavy atom. The van der Waals surface area contributed by atoms with Crippen molar-refractivity contribution in [1.29, 1.82) is 0 Å². The number of aliphatic hydroxyl groups is 2. The molecular formula is C6H14N2O3. The van der Waals surface area contributed by atoms with Crippen LogP contribution in [-0.2, 0) is 0 Å². The third kappa shape index (κ3) is 5.63. The van der Waals surface area contributed by atoms with Gasteiger partial charge in [-0.1, -0.05) is 0 Å². The van der Waals surface area contributed by atoms with E-state index in [1.54, 1.807) is 0 Å². The van der Waals surface area contributed by atoms with Gasteiger partial charge in [-0.25, -0.2) is 4.79 Å². The minimum absolute atomic E-state index is 0.0725. The van der Waals surface area contributed by atoms with Gasteiger partial charge >= 0.3 is 6.03 Å². The fourth-order valence-corrected chi connectivity index (χ4v) is 0.640. The maximum absolute atomic E-state index is 10.1. The van der Waals surface area contributed by atoms with Crippen LogP contribution in [0.25, 0.3) is 0 Å². The highest BCUT2D eigenvalue weighted by Crippen LogP contribution is 1.97. The maximum Gasteiger partial charge on any atom is 0.312 e. The first-order valence-corrected chi connectivity index (χ1v) is 3.45. The summed E-state index contributed by atoms with van der Waals surface area (Å²) in [6.45, 7) is 0.245. The number of primary amides is 1. The third-order valence-electron chi connectivity index (χ3n) is 1.37. The third-order valence-corrected chi connectivity index (χ3v) is 1.37. The number of rotatable bonds is 5. The van der Waals surface area contributed by atoms with E-state index in [-0.39, 0.29) is 19.1 Å². The van der Waals surface area contributed by atoms with Crippen molar-refractivity contribution in [1.82, 2.24) is 5.32 Å². The van der Waals surface area contributed by atoms with Crippen molar-refractivity contribution in [2.45, 2.75) is 6.42 Å². The molecule has 0 aliphatic carbocycles. The van der Waals surface area contributed by atoms with Crippen LogP contribution >= 0.6 is 0 Å². The second-order valence-electron chi connectivity index (χ2n) is 2.31. The molecule has 0 aliphatic heterocycles. The maximum atomic E-state index is 10.1. The zero-order chi connectivity index (χ0) is 8.69. The number of nitrogens with one attached hydrogen (secondary N) is 1. The molecule has 0 aliphatic rings. The Bertz CT molecular complexity index is 114. The minimum Gasteiger partial charge on any atom is -0.396 e. The van der Waals surface area contributed by atoms with Crippen LogP contribution in [0, 0.1) is 5.92 Å². The summed E-state index contributed by atoms with van der Waals surface area (Å²) in [7, 11) is 0. The highest BCUT2D eigenvalue weighted by atomic mass is 16.3. The Hall–Kier alpha value is -0.810. The average molecular weight is 162 g/mol. The van der Waals surface area contributed by atoms with Gasteiger partial charge < -0.3 is 21.3 Å². The summed E-state index contributed by atoms with van der Waals surface area (Å²) in [6, 6.07) is -0.584. The second kappa shape index (κ2) is 5.94. The molecule has 0 heterocycles. The lowest BCUT2D eigenvalue weighted by Gasteiger charge is -2.09. The molecule has 5 heteroatoms. The van der Waals surface area contributed by atoms with E-state index in [0.29, 0.717) is 13.0 Å². The largest absolute Gasteiger partial charge is 0.396 e. The standard InChI is InChI=1S/C6H14N2O3/c7-6(11)8-2-1-5(3-9)4-10/h5,9-10H,1-4H2,(H3,7,8,11). The predicted octanol–water partition coefficient (Wildman–Crippen LogP) is -1.35. The van der Waals surface area contributed by atoms with Crippen molar-refractivity contribution < 1.29 is 15.0 Å². The van der Waals surface area contributed by atoms with E-state index in [2.05, 4.69) is 5.32 Å². The van der Waals surface area contributed by atoms with Gasteiger partial charge in [0.1, 0.15) is 0 Å². The molecule has 0 unspecified atom stereocenters. The Balaban J connectivity index is 3.28. The molecule has 0 spiro atoms. The minimum atomic E-state index is -0.584. The second-order valence-corrected chi connectivity index (χ2v) is 2.31. The fraction of sp³-hybridized carbons (Fsp3) is 0.833. The Labute approximate surface area is 65.2 Å². The van der Waals surface area contributed by atoms with Crippen molar-refractivity contribution in [3.8, 4) is 0 Å². The topological polar surface area (TPSA) is 95.6 Å². The molecule has 0 aromatic carbocycles. The Morgan fingerprint density at radius 2 is 2.00 bits per heavy atom. The smallest absolute Gasteiger partial charge is 0.312 e. The molecule has 0 aromatic rings. The summed E-state index contributed by atoms with van der Waals surface area (Å²) in [5.74, 6) is -0.165. The predicted molar refractivity (Wildman–Crippen MR) is 39.9 cm³/mol. The van der Waals surface area contributed by atoms with Crippen LogP contribution < -0.4 is 11.1 Å². The van der Waals surface area contributed by atoms with Crippen molar-refractivity contribution in [3.05, 3.63) is 0 Å². The van der Waals surface area contributed by atoms with Gasteiger partial charge in [-0.2, -0.15) is 0 Å². The Kier molecular flexibility index (Phi) is 5.50. The number of hydrogen-bond acceptors (Lipinski definition) is 3. The number of aliphatic hydroxyl groups excluding tert-OH is 2. The van der Waals surface area contributed by atoms with E-state index in [4.69, 9.17) is 15.9 Å². The van der Waals surface area contributed by atoms with Crippen LogP contribution in [0.1, 0.15) is 6.42 Å². The lowest BCUT2D eigenvalue weighted by Crippen LogP contribution is -2.31. The molecule has 0 rings (SSSR count). The molecule has 0 aromatic heterocycles. The summed E-state index contributed by atoms with van der Waals surface area (Å²) in [4.78, 5) is 10.1. The molecule has 5 nitrogen and oxygen atoms in total. The number of hydrogen-bond donors (Lipinski definition) is 4. The first-order valence-electron chi connectivity index (χ1n) is 3.45. The molecule has 5 N–H and O–H groups in total. The van der Waals surface area contributed by atoms with Gasteiger partial charge in [0.05, 0.1) is 0 Å². The summed E-state index contributed by atoms with van der Waals surface area (Å²) >= 11 is 0. The number of nitrogens with two attached hydrogens (primary N) is 1. The Morgan fingerprint density at radius 3 is 2.36 bits per heavy atom. The van der Waals surface area contributed by atoms with Crippen LogP contribution in [0.3, 0.4) is 0 Å². The highest BCUT2D eigenvalue weighted by Gasteiger charge is 2.04. The van der Waals surface area contributed by atoms with Gasteiger partial charge in [-0.15, -0.1) is 0 Å². The molecule has 2 amide bonds.